The Hall–Kier alpha value is -1.30. The average Bonchev–Trinajstić information content (AvgIpc) is 2.15. The molecule has 0 aromatic heterocycles. The van der Waals surface area contributed by atoms with Gasteiger partial charge < -0.3 is 4.74 Å². The van der Waals surface area contributed by atoms with Crippen LogP contribution in [0.25, 0.3) is 0 Å². The Balaban J connectivity index is 2.87. The molecule has 1 nitrogen and oxygen atoms in total. The zero-order valence-electron chi connectivity index (χ0n) is 7.16. The van der Waals surface area contributed by atoms with E-state index in [-0.39, 0.29) is 6.10 Å². The van der Waals surface area contributed by atoms with Gasteiger partial charge in [0.05, 0.1) is 0 Å². The van der Waals surface area contributed by atoms with Crippen molar-refractivity contribution in [2.45, 2.75) is 6.10 Å². The van der Waals surface area contributed by atoms with Gasteiger partial charge in [-0.15, -0.1) is 5.73 Å². The Morgan fingerprint density at radius 3 is 2.58 bits per heavy atom. The van der Waals surface area contributed by atoms with E-state index in [0.29, 0.717) is 0 Å². The van der Waals surface area contributed by atoms with E-state index >= 15 is 0 Å². The second-order valence-electron chi connectivity index (χ2n) is 2.44. The smallest absolute Gasteiger partial charge is 0.108 e. The van der Waals surface area contributed by atoms with Crippen LogP contribution in [0, 0.1) is 0 Å². The summed E-state index contributed by atoms with van der Waals surface area (Å²) in [4.78, 5) is 0. The van der Waals surface area contributed by atoms with Gasteiger partial charge in [0, 0.05) is 7.11 Å². The zero-order valence-corrected chi connectivity index (χ0v) is 7.16. The zero-order chi connectivity index (χ0) is 8.81. The molecule has 0 aliphatic heterocycles. The molecular formula is C11H12O. The molecule has 0 fully saturated rings. The highest BCUT2D eigenvalue weighted by Gasteiger charge is 2.03. The topological polar surface area (TPSA) is 9.23 Å². The van der Waals surface area contributed by atoms with E-state index in [4.69, 9.17) is 4.74 Å². The van der Waals surface area contributed by atoms with Crippen LogP contribution in [0.2, 0.25) is 0 Å². The molecule has 0 spiro atoms. The van der Waals surface area contributed by atoms with E-state index in [1.54, 1.807) is 13.2 Å². The second-order valence-corrected chi connectivity index (χ2v) is 2.44. The summed E-state index contributed by atoms with van der Waals surface area (Å²) in [5.41, 5.74) is 3.84. The van der Waals surface area contributed by atoms with Crippen molar-refractivity contribution in [3.05, 3.63) is 54.3 Å². The minimum Gasteiger partial charge on any atom is -0.372 e. The van der Waals surface area contributed by atoms with Gasteiger partial charge in [-0.05, 0) is 11.6 Å². The Bertz CT molecular complexity index is 270. The molecule has 1 rings (SSSR count). The normalized spacial score (nSPS) is 11.8. The molecule has 0 aliphatic carbocycles. The highest BCUT2D eigenvalue weighted by atomic mass is 16.5. The summed E-state index contributed by atoms with van der Waals surface area (Å²) in [7, 11) is 1.67. The van der Waals surface area contributed by atoms with Crippen molar-refractivity contribution < 1.29 is 4.74 Å². The molecule has 0 amide bonds. The SMILES string of the molecule is C=C=CC(OC)c1ccccc1. The maximum Gasteiger partial charge on any atom is 0.108 e. The molecule has 0 saturated heterocycles. The molecular weight excluding hydrogens is 148 g/mol. The molecule has 0 aliphatic rings. The van der Waals surface area contributed by atoms with Gasteiger partial charge in [0.25, 0.3) is 0 Å². The molecule has 12 heavy (non-hydrogen) atoms. The van der Waals surface area contributed by atoms with Crippen LogP contribution in [-0.2, 0) is 4.74 Å². The molecule has 0 bridgehead atoms. The van der Waals surface area contributed by atoms with E-state index in [9.17, 15) is 0 Å². The fraction of sp³-hybridized carbons (Fsp3) is 0.182. The molecule has 1 atom stereocenters. The van der Waals surface area contributed by atoms with Crippen LogP contribution in [0.3, 0.4) is 0 Å². The van der Waals surface area contributed by atoms with E-state index in [2.05, 4.69) is 12.3 Å². The third-order valence-electron chi connectivity index (χ3n) is 1.65. The maximum atomic E-state index is 5.22. The van der Waals surface area contributed by atoms with Gasteiger partial charge >= 0.3 is 0 Å². The average molecular weight is 160 g/mol. The Labute approximate surface area is 73.0 Å². The van der Waals surface area contributed by atoms with Crippen LogP contribution >= 0.6 is 0 Å². The Kier molecular flexibility index (Phi) is 3.34. The first-order chi connectivity index (χ1) is 5.88. The van der Waals surface area contributed by atoms with Gasteiger partial charge in [-0.3, -0.25) is 0 Å². The van der Waals surface area contributed by atoms with Crippen LogP contribution in [0.4, 0.5) is 0 Å². The number of hydrogen-bond acceptors (Lipinski definition) is 1. The van der Waals surface area contributed by atoms with Gasteiger partial charge in [0.15, 0.2) is 0 Å². The first-order valence-electron chi connectivity index (χ1n) is 3.82. The standard InChI is InChI=1S/C11H12O/c1-3-7-11(12-2)10-8-5-4-6-9-10/h4-9,11H,1H2,2H3. The molecule has 1 unspecified atom stereocenters. The largest absolute Gasteiger partial charge is 0.372 e. The minimum atomic E-state index is -0.0244. The molecule has 62 valence electrons. The summed E-state index contributed by atoms with van der Waals surface area (Å²) in [6.07, 6.45) is 1.78. The first kappa shape index (κ1) is 8.79. The monoisotopic (exact) mass is 160 g/mol. The van der Waals surface area contributed by atoms with Gasteiger partial charge in [0.2, 0.25) is 0 Å². The molecule has 0 heterocycles. The molecule has 0 saturated carbocycles. The van der Waals surface area contributed by atoms with Gasteiger partial charge in [-0.2, -0.15) is 0 Å². The van der Waals surface area contributed by atoms with Crippen molar-refractivity contribution in [1.29, 1.82) is 0 Å². The van der Waals surface area contributed by atoms with E-state index in [0.717, 1.165) is 5.56 Å². The highest BCUT2D eigenvalue weighted by Crippen LogP contribution is 2.16. The minimum absolute atomic E-state index is 0.0244. The van der Waals surface area contributed by atoms with Crippen molar-refractivity contribution in [3.63, 3.8) is 0 Å². The Morgan fingerprint density at radius 2 is 2.08 bits per heavy atom. The lowest BCUT2D eigenvalue weighted by atomic mass is 10.1. The van der Waals surface area contributed by atoms with Crippen LogP contribution in [0.15, 0.2) is 48.7 Å². The van der Waals surface area contributed by atoms with Crippen molar-refractivity contribution in [3.8, 4) is 0 Å². The van der Waals surface area contributed by atoms with Crippen LogP contribution in [-0.4, -0.2) is 7.11 Å². The van der Waals surface area contributed by atoms with Crippen molar-refractivity contribution in [1.82, 2.24) is 0 Å². The van der Waals surface area contributed by atoms with Crippen molar-refractivity contribution >= 4 is 0 Å². The summed E-state index contributed by atoms with van der Waals surface area (Å²) < 4.78 is 5.22. The van der Waals surface area contributed by atoms with Crippen LogP contribution in [0.1, 0.15) is 11.7 Å². The lowest BCUT2D eigenvalue weighted by Gasteiger charge is -2.08. The predicted octanol–water partition coefficient (Wildman–Crippen LogP) is 2.72. The molecule has 0 N–H and O–H groups in total. The van der Waals surface area contributed by atoms with Gasteiger partial charge in [0.1, 0.15) is 6.10 Å². The quantitative estimate of drug-likeness (QED) is 0.618. The van der Waals surface area contributed by atoms with E-state index < -0.39 is 0 Å². The van der Waals surface area contributed by atoms with Gasteiger partial charge in [-0.25, -0.2) is 0 Å². The highest BCUT2D eigenvalue weighted by molar-refractivity contribution is 5.20. The maximum absolute atomic E-state index is 5.22. The summed E-state index contributed by atoms with van der Waals surface area (Å²) in [6, 6.07) is 9.98. The lowest BCUT2D eigenvalue weighted by molar-refractivity contribution is 0.143. The third kappa shape index (κ3) is 2.09. The number of methoxy groups -OCH3 is 1. The Morgan fingerprint density at radius 1 is 1.42 bits per heavy atom. The summed E-state index contributed by atoms with van der Waals surface area (Å²) in [5.74, 6) is 0. The lowest BCUT2D eigenvalue weighted by Crippen LogP contribution is -1.96. The van der Waals surface area contributed by atoms with E-state index in [1.165, 1.54) is 0 Å². The van der Waals surface area contributed by atoms with Crippen LogP contribution < -0.4 is 0 Å². The number of rotatable bonds is 3. The predicted molar refractivity (Wildman–Crippen MR) is 49.9 cm³/mol. The summed E-state index contributed by atoms with van der Waals surface area (Å²) in [5, 5.41) is 0. The number of benzene rings is 1. The third-order valence-corrected chi connectivity index (χ3v) is 1.65. The molecule has 1 aromatic carbocycles. The molecule has 1 heteroatoms. The second kappa shape index (κ2) is 4.55. The number of hydrogen-bond donors (Lipinski definition) is 0. The van der Waals surface area contributed by atoms with E-state index in [1.807, 2.05) is 30.3 Å². The van der Waals surface area contributed by atoms with Gasteiger partial charge in [-0.1, -0.05) is 36.9 Å². The summed E-state index contributed by atoms with van der Waals surface area (Å²) >= 11 is 0. The summed E-state index contributed by atoms with van der Waals surface area (Å²) in [6.45, 7) is 3.51. The molecule has 0 radical (unpaired) electrons. The first-order valence-corrected chi connectivity index (χ1v) is 3.82. The van der Waals surface area contributed by atoms with Crippen molar-refractivity contribution in [2.24, 2.45) is 0 Å². The molecule has 1 aromatic rings. The fourth-order valence-electron chi connectivity index (χ4n) is 1.05. The van der Waals surface area contributed by atoms with Crippen molar-refractivity contribution in [2.75, 3.05) is 7.11 Å². The fourth-order valence-corrected chi connectivity index (χ4v) is 1.05. The van der Waals surface area contributed by atoms with Crippen LogP contribution in [0.5, 0.6) is 0 Å². The number of ether oxygens (including phenoxy) is 1.